The normalized spacial score (nSPS) is 19.9. The van der Waals surface area contributed by atoms with Gasteiger partial charge in [-0.3, -0.25) is 0 Å². The highest BCUT2D eigenvalue weighted by molar-refractivity contribution is 5.32. The van der Waals surface area contributed by atoms with E-state index in [0.29, 0.717) is 12.1 Å². The number of ether oxygens (including phenoxy) is 1. The molecule has 3 heteroatoms. The molecule has 1 N–H and O–H groups in total. The van der Waals surface area contributed by atoms with Gasteiger partial charge in [0.05, 0.1) is 6.10 Å². The van der Waals surface area contributed by atoms with Gasteiger partial charge in [0.25, 0.3) is 0 Å². The van der Waals surface area contributed by atoms with Crippen LogP contribution < -0.4 is 5.32 Å². The lowest BCUT2D eigenvalue weighted by Gasteiger charge is -2.22. The van der Waals surface area contributed by atoms with Crippen LogP contribution in [0, 0.1) is 19.7 Å². The van der Waals surface area contributed by atoms with Gasteiger partial charge in [0.2, 0.25) is 0 Å². The molecular formula is C18H28FNO. The van der Waals surface area contributed by atoms with Crippen LogP contribution in [0.3, 0.4) is 0 Å². The van der Waals surface area contributed by atoms with Crippen molar-refractivity contribution in [3.63, 3.8) is 0 Å². The van der Waals surface area contributed by atoms with Crippen molar-refractivity contribution in [1.82, 2.24) is 5.32 Å². The third-order valence-corrected chi connectivity index (χ3v) is 4.30. The van der Waals surface area contributed by atoms with Crippen LogP contribution in [0.5, 0.6) is 0 Å². The zero-order valence-corrected chi connectivity index (χ0v) is 13.5. The van der Waals surface area contributed by atoms with E-state index in [-0.39, 0.29) is 5.82 Å². The van der Waals surface area contributed by atoms with Gasteiger partial charge < -0.3 is 10.1 Å². The summed E-state index contributed by atoms with van der Waals surface area (Å²) >= 11 is 0. The number of benzene rings is 1. The molecule has 1 aromatic carbocycles. The minimum atomic E-state index is -0.0767. The van der Waals surface area contributed by atoms with Crippen molar-refractivity contribution in [1.29, 1.82) is 0 Å². The highest BCUT2D eigenvalue weighted by atomic mass is 19.1. The molecule has 2 atom stereocenters. The first-order valence-electron chi connectivity index (χ1n) is 8.23. The lowest BCUT2D eigenvalue weighted by Crippen LogP contribution is -2.24. The predicted molar refractivity (Wildman–Crippen MR) is 85.1 cm³/mol. The highest BCUT2D eigenvalue weighted by Crippen LogP contribution is 2.26. The quantitative estimate of drug-likeness (QED) is 0.802. The summed E-state index contributed by atoms with van der Waals surface area (Å²) in [6, 6.07) is 4.28. The van der Waals surface area contributed by atoms with Crippen LogP contribution in [-0.4, -0.2) is 19.3 Å². The molecule has 1 aromatic rings. The van der Waals surface area contributed by atoms with E-state index in [9.17, 15) is 4.39 Å². The minimum Gasteiger partial charge on any atom is -0.378 e. The molecule has 1 aliphatic heterocycles. The Hall–Kier alpha value is -0.930. The van der Waals surface area contributed by atoms with Gasteiger partial charge >= 0.3 is 0 Å². The van der Waals surface area contributed by atoms with Crippen LogP contribution in [0.4, 0.5) is 4.39 Å². The maximum absolute atomic E-state index is 13.8. The monoisotopic (exact) mass is 293 g/mol. The molecule has 0 saturated carbocycles. The van der Waals surface area contributed by atoms with E-state index in [0.717, 1.165) is 43.5 Å². The second-order valence-corrected chi connectivity index (χ2v) is 6.19. The molecule has 0 spiro atoms. The van der Waals surface area contributed by atoms with E-state index in [1.54, 1.807) is 0 Å². The van der Waals surface area contributed by atoms with Crippen molar-refractivity contribution < 1.29 is 9.13 Å². The molecule has 2 unspecified atom stereocenters. The molecule has 2 rings (SSSR count). The zero-order chi connectivity index (χ0) is 15.2. The van der Waals surface area contributed by atoms with Gasteiger partial charge in [-0.2, -0.15) is 0 Å². The number of aryl methyl sites for hydroxylation is 2. The van der Waals surface area contributed by atoms with Crippen LogP contribution in [0.2, 0.25) is 0 Å². The molecule has 1 saturated heterocycles. The summed E-state index contributed by atoms with van der Waals surface area (Å²) in [6.07, 6.45) is 6.02. The zero-order valence-electron chi connectivity index (χ0n) is 13.5. The first kappa shape index (κ1) is 16.4. The first-order chi connectivity index (χ1) is 10.1. The smallest absolute Gasteiger partial charge is 0.129 e. The topological polar surface area (TPSA) is 21.3 Å². The molecule has 1 heterocycles. The maximum Gasteiger partial charge on any atom is 0.129 e. The van der Waals surface area contributed by atoms with Crippen LogP contribution in [0.1, 0.15) is 61.8 Å². The Labute approximate surface area is 128 Å². The fourth-order valence-electron chi connectivity index (χ4n) is 3.11. The maximum atomic E-state index is 13.8. The Morgan fingerprint density at radius 1 is 1.33 bits per heavy atom. The van der Waals surface area contributed by atoms with E-state index in [1.807, 2.05) is 26.0 Å². The number of halogens is 1. The Morgan fingerprint density at radius 2 is 2.05 bits per heavy atom. The van der Waals surface area contributed by atoms with Gasteiger partial charge in [-0.25, -0.2) is 4.39 Å². The molecule has 0 aliphatic carbocycles. The molecule has 0 radical (unpaired) electrons. The van der Waals surface area contributed by atoms with Crippen molar-refractivity contribution >= 4 is 0 Å². The van der Waals surface area contributed by atoms with E-state index in [4.69, 9.17) is 4.74 Å². The third-order valence-electron chi connectivity index (χ3n) is 4.30. The summed E-state index contributed by atoms with van der Waals surface area (Å²) in [5.41, 5.74) is 2.69. The summed E-state index contributed by atoms with van der Waals surface area (Å²) in [7, 11) is 0. The van der Waals surface area contributed by atoms with Crippen LogP contribution in [0.15, 0.2) is 12.1 Å². The summed E-state index contributed by atoms with van der Waals surface area (Å²) in [6.45, 7) is 7.77. The summed E-state index contributed by atoms with van der Waals surface area (Å²) in [5, 5.41) is 3.61. The van der Waals surface area contributed by atoms with Gasteiger partial charge in [-0.1, -0.05) is 19.1 Å². The fourth-order valence-corrected chi connectivity index (χ4v) is 3.11. The Kier molecular flexibility index (Phi) is 6.19. The summed E-state index contributed by atoms with van der Waals surface area (Å²) in [4.78, 5) is 0. The molecule has 0 aromatic heterocycles. The SMILES string of the molecule is CCCNC(CCC1CCCO1)c1cc(C)c(F)c(C)c1. The number of hydrogen-bond acceptors (Lipinski definition) is 2. The van der Waals surface area contributed by atoms with Crippen LogP contribution in [-0.2, 0) is 4.74 Å². The van der Waals surface area contributed by atoms with Crippen molar-refractivity contribution in [2.75, 3.05) is 13.2 Å². The molecule has 2 nitrogen and oxygen atoms in total. The van der Waals surface area contributed by atoms with Gasteiger partial charge in [0, 0.05) is 12.6 Å². The second kappa shape index (κ2) is 7.90. The lowest BCUT2D eigenvalue weighted by molar-refractivity contribution is 0.0996. The Bertz CT molecular complexity index is 432. The van der Waals surface area contributed by atoms with Crippen molar-refractivity contribution in [2.45, 2.75) is 65.0 Å². The van der Waals surface area contributed by atoms with Gasteiger partial charge in [0.15, 0.2) is 0 Å². The molecule has 0 amide bonds. The number of nitrogens with one attached hydrogen (secondary N) is 1. The highest BCUT2D eigenvalue weighted by Gasteiger charge is 2.19. The van der Waals surface area contributed by atoms with Crippen molar-refractivity contribution in [2.24, 2.45) is 0 Å². The van der Waals surface area contributed by atoms with Gasteiger partial charge in [-0.15, -0.1) is 0 Å². The minimum absolute atomic E-state index is 0.0767. The van der Waals surface area contributed by atoms with Crippen LogP contribution in [0.25, 0.3) is 0 Å². The first-order valence-corrected chi connectivity index (χ1v) is 8.23. The summed E-state index contributed by atoms with van der Waals surface area (Å²) in [5.74, 6) is -0.0767. The molecule has 0 bridgehead atoms. The number of hydrogen-bond donors (Lipinski definition) is 1. The van der Waals surface area contributed by atoms with E-state index in [1.165, 1.54) is 18.4 Å². The van der Waals surface area contributed by atoms with E-state index < -0.39 is 0 Å². The standard InChI is InChI=1S/C18H28FNO/c1-4-9-20-17(8-7-16-6-5-10-21-16)15-11-13(2)18(19)14(3)12-15/h11-12,16-17,20H,4-10H2,1-3H3. The van der Waals surface area contributed by atoms with E-state index >= 15 is 0 Å². The average molecular weight is 293 g/mol. The Balaban J connectivity index is 2.06. The molecule has 1 aliphatic rings. The molecule has 118 valence electrons. The Morgan fingerprint density at radius 3 is 2.62 bits per heavy atom. The fraction of sp³-hybridized carbons (Fsp3) is 0.667. The molecule has 21 heavy (non-hydrogen) atoms. The van der Waals surface area contributed by atoms with E-state index in [2.05, 4.69) is 12.2 Å². The lowest BCUT2D eigenvalue weighted by atomic mass is 9.95. The predicted octanol–water partition coefficient (Wildman–Crippen LogP) is 4.44. The summed E-state index contributed by atoms with van der Waals surface area (Å²) < 4.78 is 19.5. The average Bonchev–Trinajstić information content (AvgIpc) is 2.97. The largest absolute Gasteiger partial charge is 0.378 e. The third kappa shape index (κ3) is 4.52. The molecular weight excluding hydrogens is 265 g/mol. The van der Waals surface area contributed by atoms with Crippen LogP contribution >= 0.6 is 0 Å². The second-order valence-electron chi connectivity index (χ2n) is 6.19. The van der Waals surface area contributed by atoms with Gasteiger partial charge in [0.1, 0.15) is 5.82 Å². The van der Waals surface area contributed by atoms with Gasteiger partial charge in [-0.05, 0) is 69.2 Å². The van der Waals surface area contributed by atoms with Crippen molar-refractivity contribution in [3.8, 4) is 0 Å². The molecule has 1 fully saturated rings. The number of rotatable bonds is 7. The van der Waals surface area contributed by atoms with Crippen molar-refractivity contribution in [3.05, 3.63) is 34.6 Å².